The van der Waals surface area contributed by atoms with Crippen molar-refractivity contribution in [3.8, 4) is 11.5 Å². The van der Waals surface area contributed by atoms with Crippen molar-refractivity contribution in [1.82, 2.24) is 5.32 Å². The molecule has 0 fully saturated rings. The van der Waals surface area contributed by atoms with Crippen LogP contribution in [0.4, 0.5) is 5.69 Å². The molecule has 0 aliphatic carbocycles. The average Bonchev–Trinajstić information content (AvgIpc) is 2.64. The van der Waals surface area contributed by atoms with Gasteiger partial charge in [0.05, 0.1) is 23.4 Å². The predicted octanol–water partition coefficient (Wildman–Crippen LogP) is 3.56. The number of aliphatic hydroxyl groups is 1. The lowest BCUT2D eigenvalue weighted by atomic mass is 10.1. The summed E-state index contributed by atoms with van der Waals surface area (Å²) in [4.78, 5) is 10.6. The average molecular weight is 504 g/mol. The maximum atomic E-state index is 10.6. The van der Waals surface area contributed by atoms with Gasteiger partial charge in [0.15, 0.2) is 5.75 Å². The quantitative estimate of drug-likeness (QED) is 0.310. The minimum atomic E-state index is -0.780. The lowest BCUT2D eigenvalue weighted by Crippen LogP contribution is -2.32. The van der Waals surface area contributed by atoms with Crippen LogP contribution in [0.2, 0.25) is 0 Å². The van der Waals surface area contributed by atoms with E-state index < -0.39 is 6.10 Å². The maximum Gasteiger partial charge on any atom is 0.211 e. The summed E-state index contributed by atoms with van der Waals surface area (Å²) in [5.74, 6) is 0.747. The molecule has 0 heterocycles. The molecule has 8 heteroatoms. The number of ether oxygens (including phenoxy) is 1. The highest BCUT2D eigenvalue weighted by atomic mass is 79.9. The highest BCUT2D eigenvalue weighted by Crippen LogP contribution is 2.35. The van der Waals surface area contributed by atoms with Crippen molar-refractivity contribution >= 4 is 45.0 Å². The largest absolute Gasteiger partial charge is 0.505 e. The van der Waals surface area contributed by atoms with Gasteiger partial charge in [0.2, 0.25) is 6.41 Å². The number of halogens is 2. The number of carbonyl (C=O) groups is 1. The van der Waals surface area contributed by atoms with Gasteiger partial charge >= 0.3 is 0 Å². The lowest BCUT2D eigenvalue weighted by molar-refractivity contribution is -0.105. The molecule has 2 aromatic rings. The number of amides is 1. The van der Waals surface area contributed by atoms with E-state index in [1.807, 2.05) is 31.2 Å². The van der Waals surface area contributed by atoms with E-state index in [4.69, 9.17) is 4.74 Å². The van der Waals surface area contributed by atoms with Crippen molar-refractivity contribution in [1.29, 1.82) is 0 Å². The number of aromatic hydroxyl groups is 1. The van der Waals surface area contributed by atoms with Crippen LogP contribution in [0.15, 0.2) is 40.9 Å². The molecule has 148 valence electrons. The predicted molar refractivity (Wildman–Crippen MR) is 115 cm³/mol. The fourth-order valence-corrected chi connectivity index (χ4v) is 3.08. The Morgan fingerprint density at radius 2 is 1.93 bits per heavy atom. The Bertz CT molecular complexity index is 741. The zero-order chi connectivity index (χ0) is 19.1. The van der Waals surface area contributed by atoms with Crippen LogP contribution in [0, 0.1) is 0 Å². The van der Waals surface area contributed by atoms with Gasteiger partial charge in [-0.3, -0.25) is 4.79 Å². The van der Waals surface area contributed by atoms with E-state index in [1.54, 1.807) is 19.2 Å². The number of rotatable bonds is 9. The zero-order valence-corrected chi connectivity index (χ0v) is 18.4. The SMILES string of the molecule is Br.COc1ccc(C[C@@H](C)NC[C@H](O)c2cc(Br)c(O)c(NC=O)c2)cc1. The van der Waals surface area contributed by atoms with Crippen LogP contribution in [-0.4, -0.2) is 36.3 Å². The van der Waals surface area contributed by atoms with Crippen molar-refractivity contribution in [3.05, 3.63) is 52.0 Å². The molecule has 1 amide bonds. The number of carbonyl (C=O) groups excluding carboxylic acids is 1. The van der Waals surface area contributed by atoms with Crippen LogP contribution in [0.1, 0.15) is 24.2 Å². The van der Waals surface area contributed by atoms with Crippen LogP contribution in [-0.2, 0) is 11.2 Å². The van der Waals surface area contributed by atoms with Crippen LogP contribution < -0.4 is 15.4 Å². The highest BCUT2D eigenvalue weighted by Gasteiger charge is 2.15. The van der Waals surface area contributed by atoms with Crippen LogP contribution in [0.3, 0.4) is 0 Å². The van der Waals surface area contributed by atoms with Crippen molar-refractivity contribution in [3.63, 3.8) is 0 Å². The van der Waals surface area contributed by atoms with Gasteiger partial charge in [0.1, 0.15) is 5.75 Å². The van der Waals surface area contributed by atoms with E-state index in [0.29, 0.717) is 23.0 Å². The molecule has 0 aliphatic rings. The number of benzene rings is 2. The zero-order valence-electron chi connectivity index (χ0n) is 15.1. The Morgan fingerprint density at radius 1 is 1.26 bits per heavy atom. The molecule has 4 N–H and O–H groups in total. The first-order chi connectivity index (χ1) is 12.4. The van der Waals surface area contributed by atoms with Gasteiger partial charge in [0, 0.05) is 12.6 Å². The Hall–Kier alpha value is -1.61. The van der Waals surface area contributed by atoms with Crippen molar-refractivity contribution in [2.24, 2.45) is 0 Å². The Kier molecular flexibility index (Phi) is 9.79. The number of hydrogen-bond donors (Lipinski definition) is 4. The minimum Gasteiger partial charge on any atom is -0.505 e. The molecule has 0 aliphatic heterocycles. The second-order valence-corrected chi connectivity index (χ2v) is 6.89. The number of phenolic OH excluding ortho intramolecular Hbond substituents is 1. The van der Waals surface area contributed by atoms with E-state index in [-0.39, 0.29) is 34.5 Å². The molecule has 0 aromatic heterocycles. The normalized spacial score (nSPS) is 12.6. The van der Waals surface area contributed by atoms with Crippen LogP contribution in [0.5, 0.6) is 11.5 Å². The Balaban J connectivity index is 0.00000364. The van der Waals surface area contributed by atoms with Gasteiger partial charge in [-0.1, -0.05) is 12.1 Å². The summed E-state index contributed by atoms with van der Waals surface area (Å²) in [5, 5.41) is 26.0. The van der Waals surface area contributed by atoms with E-state index in [2.05, 4.69) is 26.6 Å². The lowest BCUT2D eigenvalue weighted by Gasteiger charge is -2.19. The second kappa shape index (κ2) is 11.3. The molecule has 0 unspecified atom stereocenters. The first-order valence-electron chi connectivity index (χ1n) is 8.21. The van der Waals surface area contributed by atoms with Crippen molar-refractivity contribution in [2.45, 2.75) is 25.5 Å². The number of methoxy groups -OCH3 is 1. The summed E-state index contributed by atoms with van der Waals surface area (Å²) in [5.41, 5.74) is 2.00. The summed E-state index contributed by atoms with van der Waals surface area (Å²) in [6.45, 7) is 2.39. The van der Waals surface area contributed by atoms with Gasteiger partial charge in [-0.25, -0.2) is 0 Å². The van der Waals surface area contributed by atoms with Gasteiger partial charge < -0.3 is 25.6 Å². The summed E-state index contributed by atoms with van der Waals surface area (Å²) in [6, 6.07) is 11.2. The van der Waals surface area contributed by atoms with Crippen molar-refractivity contribution in [2.75, 3.05) is 19.0 Å². The summed E-state index contributed by atoms with van der Waals surface area (Å²) < 4.78 is 5.56. The Morgan fingerprint density at radius 3 is 2.52 bits per heavy atom. The molecule has 0 spiro atoms. The molecule has 0 saturated heterocycles. The Labute approximate surface area is 177 Å². The van der Waals surface area contributed by atoms with Crippen LogP contribution in [0.25, 0.3) is 0 Å². The molecule has 2 atom stereocenters. The van der Waals surface area contributed by atoms with Crippen LogP contribution >= 0.6 is 32.9 Å². The van der Waals surface area contributed by atoms with E-state index in [1.165, 1.54) is 5.56 Å². The molecule has 27 heavy (non-hydrogen) atoms. The van der Waals surface area contributed by atoms with E-state index >= 15 is 0 Å². The van der Waals surface area contributed by atoms with E-state index in [0.717, 1.165) is 12.2 Å². The third-order valence-corrected chi connectivity index (χ3v) is 4.65. The smallest absolute Gasteiger partial charge is 0.211 e. The molecule has 2 aromatic carbocycles. The topological polar surface area (TPSA) is 90.8 Å². The van der Waals surface area contributed by atoms with Gasteiger partial charge in [-0.05, 0) is 64.7 Å². The highest BCUT2D eigenvalue weighted by molar-refractivity contribution is 9.10. The number of nitrogens with one attached hydrogen (secondary N) is 2. The van der Waals surface area contributed by atoms with E-state index in [9.17, 15) is 15.0 Å². The second-order valence-electron chi connectivity index (χ2n) is 6.04. The first-order valence-corrected chi connectivity index (χ1v) is 9.00. The molecule has 2 rings (SSSR count). The van der Waals surface area contributed by atoms with Gasteiger partial charge in [-0.2, -0.15) is 0 Å². The molecule has 6 nitrogen and oxygen atoms in total. The monoisotopic (exact) mass is 502 g/mol. The molecular weight excluding hydrogens is 480 g/mol. The minimum absolute atomic E-state index is 0. The molecule has 0 radical (unpaired) electrons. The summed E-state index contributed by atoms with van der Waals surface area (Å²) >= 11 is 3.22. The number of hydrogen-bond acceptors (Lipinski definition) is 5. The molecule has 0 saturated carbocycles. The number of aliphatic hydroxyl groups excluding tert-OH is 1. The fraction of sp³-hybridized carbons (Fsp3) is 0.316. The van der Waals surface area contributed by atoms with Gasteiger partial charge in [-0.15, -0.1) is 17.0 Å². The van der Waals surface area contributed by atoms with Crippen molar-refractivity contribution < 1.29 is 19.7 Å². The fourth-order valence-electron chi connectivity index (χ4n) is 2.60. The third kappa shape index (κ3) is 6.80. The third-order valence-electron chi connectivity index (χ3n) is 4.05. The van der Waals surface area contributed by atoms with Gasteiger partial charge in [0.25, 0.3) is 0 Å². The first kappa shape index (κ1) is 23.4. The summed E-state index contributed by atoms with van der Waals surface area (Å²) in [6.07, 6.45) is 0.512. The number of anilines is 1. The number of phenols is 1. The maximum absolute atomic E-state index is 10.6. The molecular formula is C19H24Br2N2O4. The summed E-state index contributed by atoms with van der Waals surface area (Å²) in [7, 11) is 1.64. The standard InChI is InChI=1S/C19H23BrN2O4.BrH/c1-12(7-13-3-5-15(26-2)6-4-13)21-10-18(24)14-8-16(20)19(25)17(9-14)22-11-23;/h3-6,8-9,11-12,18,21,24-25H,7,10H2,1-2H3,(H,22,23);1H/t12-,18+;/m1./s1. The molecule has 0 bridgehead atoms.